The molecular weight excluding hydrogens is 803 g/mol. The van der Waals surface area contributed by atoms with Crippen LogP contribution in [0.2, 0.25) is 0 Å². The number of ether oxygens (including phenoxy) is 1. The molecule has 12 unspecified atom stereocenters. The number of rotatable bonds is 5. The summed E-state index contributed by atoms with van der Waals surface area (Å²) in [5.41, 5.74) is 8.29. The zero-order valence-electron chi connectivity index (χ0n) is 39.1. The molecule has 0 spiro atoms. The molecule has 0 aromatic heterocycles. The van der Waals surface area contributed by atoms with Crippen molar-refractivity contribution in [3.05, 3.63) is 85.1 Å². The van der Waals surface area contributed by atoms with Gasteiger partial charge in [-0.25, -0.2) is 0 Å². The van der Waals surface area contributed by atoms with Crippen LogP contribution >= 0.6 is 17.0 Å². The average molecular weight is 887 g/mol. The van der Waals surface area contributed by atoms with E-state index >= 15 is 0 Å². The van der Waals surface area contributed by atoms with Crippen LogP contribution < -0.4 is 0 Å². The van der Waals surface area contributed by atoms with E-state index in [0.717, 1.165) is 47.3 Å². The third-order valence-electron chi connectivity index (χ3n) is 15.5. The molecule has 0 aliphatic heterocycles. The summed E-state index contributed by atoms with van der Waals surface area (Å²) in [4.78, 5) is 0. The Balaban J connectivity index is 0.00000163. The summed E-state index contributed by atoms with van der Waals surface area (Å²) < 4.78 is 6.73. The summed E-state index contributed by atoms with van der Waals surface area (Å²) in [6.07, 6.45) is 10.1. The van der Waals surface area contributed by atoms with E-state index in [1.54, 1.807) is 11.1 Å². The molecule has 4 aliphatic carbocycles. The van der Waals surface area contributed by atoms with Crippen molar-refractivity contribution >= 4 is 17.0 Å². The molecule has 0 saturated heterocycles. The van der Waals surface area contributed by atoms with Crippen LogP contribution in [0.3, 0.4) is 0 Å². The molecule has 56 heavy (non-hydrogen) atoms. The van der Waals surface area contributed by atoms with Crippen molar-refractivity contribution in [3.63, 3.8) is 0 Å². The van der Waals surface area contributed by atoms with Crippen LogP contribution in [-0.2, 0) is 41.8 Å². The maximum atomic E-state index is 6.73. The van der Waals surface area contributed by atoms with Gasteiger partial charge in [-0.2, -0.15) is 0 Å². The van der Waals surface area contributed by atoms with Gasteiger partial charge in [0.2, 0.25) is 0 Å². The maximum absolute atomic E-state index is 6.73. The van der Waals surface area contributed by atoms with E-state index in [0.29, 0.717) is 17.8 Å². The molecule has 2 aromatic carbocycles. The van der Waals surface area contributed by atoms with Crippen molar-refractivity contribution in [3.8, 4) is 0 Å². The van der Waals surface area contributed by atoms with Crippen LogP contribution in [0.1, 0.15) is 182 Å². The number of halogens is 2. The molecule has 4 fully saturated rings. The first-order chi connectivity index (χ1) is 25.0. The van der Waals surface area contributed by atoms with Crippen molar-refractivity contribution in [1.82, 2.24) is 0 Å². The monoisotopic (exact) mass is 884 g/mol. The van der Waals surface area contributed by atoms with Gasteiger partial charge in [0.15, 0.2) is 0 Å². The van der Waals surface area contributed by atoms with Crippen LogP contribution in [0.25, 0.3) is 0 Å². The molecule has 1 nitrogen and oxygen atoms in total. The summed E-state index contributed by atoms with van der Waals surface area (Å²) in [6, 6.07) is 17.6. The van der Waals surface area contributed by atoms with Crippen molar-refractivity contribution in [1.29, 1.82) is 0 Å². The second kappa shape index (κ2) is 19.3. The first kappa shape index (κ1) is 50.2. The zero-order chi connectivity index (χ0) is 40.1. The van der Waals surface area contributed by atoms with Crippen molar-refractivity contribution < 1.29 is 25.6 Å². The molecule has 4 saturated carbocycles. The molecular formula is C52H84Cl2OZr. The van der Waals surface area contributed by atoms with Crippen molar-refractivity contribution in [2.45, 2.75) is 176 Å². The van der Waals surface area contributed by atoms with Crippen LogP contribution in [0.4, 0.5) is 0 Å². The fourth-order valence-corrected chi connectivity index (χ4v) is 12.5. The van der Waals surface area contributed by atoms with Gasteiger partial charge in [-0.3, -0.25) is 0 Å². The standard InChI is InChI=1S/C50H78O.2CH3.2ClH.Zr/c1-30-23-41-37(32-19-21-34(22-20-32)47(3,4)5)17-16-18-38(41)39(30)28-40-31(2)24-43-42(40)29-44(50(12,13)14)46(51-15)45(43)33-25-35(48(6,7)8)27-36(26-33)49(9,10)11;;;;;/h19-22,25-27,30-31,37-46H,16-18,23-24,28-29H2,1-15H3;2*1H3;2*1H;/q;2*-1;;;+4/p-2. The molecule has 4 heteroatoms. The molecule has 0 N–H and O–H groups in total. The predicted octanol–water partition coefficient (Wildman–Crippen LogP) is 16.2. The minimum absolute atomic E-state index is 0. The number of fused-ring (bicyclic) bond motifs is 2. The Morgan fingerprint density at radius 3 is 1.55 bits per heavy atom. The van der Waals surface area contributed by atoms with Gasteiger partial charge in [-0.1, -0.05) is 146 Å². The van der Waals surface area contributed by atoms with E-state index in [4.69, 9.17) is 21.8 Å². The fourth-order valence-electron chi connectivity index (χ4n) is 12.5. The Hall–Kier alpha value is -0.137. The first-order valence-corrected chi connectivity index (χ1v) is 28.1. The normalized spacial score (nSPS) is 33.2. The third kappa shape index (κ3) is 10.8. The van der Waals surface area contributed by atoms with Crippen LogP contribution in [0.15, 0.2) is 42.5 Å². The van der Waals surface area contributed by atoms with Crippen molar-refractivity contribution in [2.24, 2.45) is 58.7 Å². The SMILES string of the molecule is COC1C(c2cc(C(C)(C)C)cc(C(C)(C)C)c2)C2CC(C)C(CC3C(C)CC4C(c5ccc(C(C)(C)C)cc5)CCCC34)C2CC1C(C)(C)C.[CH3-].[CH3-].[Cl][Zr+2][Cl]. The zero-order valence-corrected chi connectivity index (χ0v) is 43.1. The summed E-state index contributed by atoms with van der Waals surface area (Å²) in [7, 11) is 11.9. The molecule has 0 heterocycles. The second-order valence-corrected chi connectivity index (χ2v) is 26.6. The Kier molecular flexibility index (Phi) is 17.3. The Labute approximate surface area is 367 Å². The topological polar surface area (TPSA) is 9.23 Å². The summed E-state index contributed by atoms with van der Waals surface area (Å²) in [5.74, 6) is 8.32. The van der Waals surface area contributed by atoms with Crippen LogP contribution in [0.5, 0.6) is 0 Å². The van der Waals surface area contributed by atoms with E-state index in [-0.39, 0.29) is 42.6 Å². The molecule has 6 rings (SSSR count). The number of methoxy groups -OCH3 is 1. The summed E-state index contributed by atoms with van der Waals surface area (Å²) >= 11 is -0.826. The molecule has 0 radical (unpaired) electrons. The molecule has 0 amide bonds. The molecule has 316 valence electrons. The fraction of sp³-hybridized carbons (Fsp3) is 0.731. The Morgan fingerprint density at radius 2 is 1.09 bits per heavy atom. The number of hydrogen-bond donors (Lipinski definition) is 0. The third-order valence-corrected chi connectivity index (χ3v) is 15.5. The van der Waals surface area contributed by atoms with E-state index in [1.807, 2.05) is 7.11 Å². The number of benzene rings is 2. The van der Waals surface area contributed by atoms with E-state index < -0.39 is 20.8 Å². The van der Waals surface area contributed by atoms with Gasteiger partial charge in [0.05, 0.1) is 6.10 Å². The Bertz CT molecular complexity index is 1490. The molecule has 2 aromatic rings. The second-order valence-electron chi connectivity index (χ2n) is 22.9. The van der Waals surface area contributed by atoms with E-state index in [9.17, 15) is 0 Å². The molecule has 12 atom stereocenters. The summed E-state index contributed by atoms with van der Waals surface area (Å²) in [6.45, 7) is 34.2. The predicted molar refractivity (Wildman–Crippen MR) is 244 cm³/mol. The van der Waals surface area contributed by atoms with Gasteiger partial charge in [0, 0.05) is 13.0 Å². The van der Waals surface area contributed by atoms with E-state index in [2.05, 4.69) is 139 Å². The molecule has 4 aliphatic rings. The van der Waals surface area contributed by atoms with Gasteiger partial charge in [0.1, 0.15) is 0 Å². The van der Waals surface area contributed by atoms with Gasteiger partial charge in [-0.05, 0) is 147 Å². The van der Waals surface area contributed by atoms with Gasteiger partial charge in [-0.15, -0.1) is 0 Å². The molecule has 0 bridgehead atoms. The van der Waals surface area contributed by atoms with Gasteiger partial charge in [0.25, 0.3) is 0 Å². The van der Waals surface area contributed by atoms with Gasteiger partial charge >= 0.3 is 37.9 Å². The summed E-state index contributed by atoms with van der Waals surface area (Å²) in [5, 5.41) is 0. The first-order valence-electron chi connectivity index (χ1n) is 21.8. The van der Waals surface area contributed by atoms with Crippen molar-refractivity contribution in [2.75, 3.05) is 7.11 Å². The van der Waals surface area contributed by atoms with E-state index in [1.165, 1.54) is 61.6 Å². The van der Waals surface area contributed by atoms with Gasteiger partial charge < -0.3 is 19.6 Å². The minimum atomic E-state index is -0.826. The van der Waals surface area contributed by atoms with Crippen LogP contribution in [0, 0.1) is 73.5 Å². The van der Waals surface area contributed by atoms with Crippen LogP contribution in [-0.4, -0.2) is 13.2 Å². The average Bonchev–Trinajstić information content (AvgIpc) is 3.56. The Morgan fingerprint density at radius 1 is 0.607 bits per heavy atom. The number of hydrogen-bond acceptors (Lipinski definition) is 1. The quantitative estimate of drug-likeness (QED) is 0.272.